The molecule has 1 atom stereocenters. The topological polar surface area (TPSA) is 75.3 Å². The Morgan fingerprint density at radius 1 is 1.12 bits per heavy atom. The largest absolute Gasteiger partial charge is 0.493 e. The number of hydrogen-bond donors (Lipinski definition) is 3. The number of pyridine rings is 1. The van der Waals surface area contributed by atoms with E-state index in [1.807, 2.05) is 36.4 Å². The van der Waals surface area contributed by atoms with E-state index in [2.05, 4.69) is 27.0 Å². The van der Waals surface area contributed by atoms with Gasteiger partial charge in [-0.25, -0.2) is 9.78 Å². The zero-order valence-electron chi connectivity index (χ0n) is 13.5. The fourth-order valence-electron chi connectivity index (χ4n) is 2.66. The average Bonchev–Trinajstić information content (AvgIpc) is 2.64. The molecule has 0 bridgehead atoms. The number of benzene rings is 1. The van der Waals surface area contributed by atoms with Gasteiger partial charge in [-0.1, -0.05) is 24.3 Å². The zero-order valence-corrected chi connectivity index (χ0v) is 13.5. The number of fused-ring (bicyclic) bond motifs is 1. The van der Waals surface area contributed by atoms with E-state index in [4.69, 9.17) is 4.74 Å². The Morgan fingerprint density at radius 2 is 2.00 bits per heavy atom. The second kappa shape index (κ2) is 8.19. The van der Waals surface area contributed by atoms with Gasteiger partial charge in [0.05, 0.1) is 6.61 Å². The quantitative estimate of drug-likeness (QED) is 0.710. The van der Waals surface area contributed by atoms with Gasteiger partial charge in [-0.2, -0.15) is 0 Å². The fraction of sp³-hybridized carbons (Fsp3) is 0.333. The minimum absolute atomic E-state index is 0.156. The lowest BCUT2D eigenvalue weighted by Gasteiger charge is -2.25. The number of amides is 2. The van der Waals surface area contributed by atoms with Crippen molar-refractivity contribution >= 4 is 11.8 Å². The molecule has 0 fully saturated rings. The highest BCUT2D eigenvalue weighted by molar-refractivity contribution is 5.73. The zero-order chi connectivity index (χ0) is 16.6. The maximum atomic E-state index is 11.8. The Bertz CT molecular complexity index is 663. The van der Waals surface area contributed by atoms with Crippen LogP contribution in [-0.2, 0) is 6.42 Å². The van der Waals surface area contributed by atoms with Gasteiger partial charge in [-0.3, -0.25) is 0 Å². The standard InChI is InChI=1S/C18H22N4O2/c23-18(21-10-9-20-17-7-3-4-8-19-17)22-12-14-11-15-5-1-2-6-16(15)24-13-14/h1-8,14H,9-13H2,(H,19,20)(H2,21,22,23)/t14-/m1/s1. The molecule has 6 heteroatoms. The number of rotatable bonds is 6. The summed E-state index contributed by atoms with van der Waals surface area (Å²) in [6.45, 7) is 2.41. The Hall–Kier alpha value is -2.76. The number of aromatic nitrogens is 1. The highest BCUT2D eigenvalue weighted by Crippen LogP contribution is 2.26. The summed E-state index contributed by atoms with van der Waals surface area (Å²) in [7, 11) is 0. The molecule has 2 amide bonds. The molecular formula is C18H22N4O2. The summed E-state index contributed by atoms with van der Waals surface area (Å²) >= 11 is 0. The minimum atomic E-state index is -0.156. The Morgan fingerprint density at radius 3 is 2.88 bits per heavy atom. The van der Waals surface area contributed by atoms with E-state index >= 15 is 0 Å². The molecule has 1 aromatic heterocycles. The predicted octanol–water partition coefficient (Wildman–Crippen LogP) is 2.04. The van der Waals surface area contributed by atoms with Crippen LogP contribution in [0.2, 0.25) is 0 Å². The van der Waals surface area contributed by atoms with Crippen molar-refractivity contribution in [1.82, 2.24) is 15.6 Å². The maximum Gasteiger partial charge on any atom is 0.314 e. The molecular weight excluding hydrogens is 304 g/mol. The Balaban J connectivity index is 1.32. The molecule has 24 heavy (non-hydrogen) atoms. The number of nitrogens with one attached hydrogen (secondary N) is 3. The van der Waals surface area contributed by atoms with E-state index in [1.165, 1.54) is 5.56 Å². The van der Waals surface area contributed by atoms with Gasteiger partial charge >= 0.3 is 6.03 Å². The van der Waals surface area contributed by atoms with Crippen LogP contribution in [0.3, 0.4) is 0 Å². The van der Waals surface area contributed by atoms with Crippen LogP contribution in [0.5, 0.6) is 5.75 Å². The lowest BCUT2D eigenvalue weighted by atomic mass is 9.97. The van der Waals surface area contributed by atoms with Crippen LogP contribution in [0.1, 0.15) is 5.56 Å². The average molecular weight is 326 g/mol. The molecule has 2 heterocycles. The number of urea groups is 1. The molecule has 126 valence electrons. The van der Waals surface area contributed by atoms with E-state index in [0.29, 0.717) is 32.2 Å². The molecule has 1 aliphatic heterocycles. The van der Waals surface area contributed by atoms with Crippen LogP contribution >= 0.6 is 0 Å². The third-order valence-corrected chi connectivity index (χ3v) is 3.89. The summed E-state index contributed by atoms with van der Waals surface area (Å²) in [6, 6.07) is 13.6. The summed E-state index contributed by atoms with van der Waals surface area (Å²) in [4.78, 5) is 16.0. The molecule has 1 aromatic carbocycles. The Labute approximate surface area is 141 Å². The number of ether oxygens (including phenoxy) is 1. The molecule has 0 saturated heterocycles. The van der Waals surface area contributed by atoms with Crippen LogP contribution in [0.25, 0.3) is 0 Å². The summed E-state index contributed by atoms with van der Waals surface area (Å²) in [5.74, 6) is 2.06. The summed E-state index contributed by atoms with van der Waals surface area (Å²) in [5.41, 5.74) is 1.20. The second-order valence-electron chi connectivity index (χ2n) is 5.77. The monoisotopic (exact) mass is 326 g/mol. The van der Waals surface area contributed by atoms with Gasteiger partial charge in [0.15, 0.2) is 0 Å². The SMILES string of the molecule is O=C(NCCNc1ccccn1)NC[C@@H]1COc2ccccc2C1. The van der Waals surface area contributed by atoms with Gasteiger partial charge in [0.1, 0.15) is 11.6 Å². The van der Waals surface area contributed by atoms with E-state index in [9.17, 15) is 4.79 Å². The van der Waals surface area contributed by atoms with Gasteiger partial charge in [-0.05, 0) is 30.2 Å². The fourth-order valence-corrected chi connectivity index (χ4v) is 2.66. The van der Waals surface area contributed by atoms with Crippen molar-refractivity contribution in [3.05, 3.63) is 54.2 Å². The van der Waals surface area contributed by atoms with Crippen LogP contribution in [0, 0.1) is 5.92 Å². The number of para-hydroxylation sites is 1. The first-order valence-electron chi connectivity index (χ1n) is 8.18. The van der Waals surface area contributed by atoms with Crippen molar-refractivity contribution in [3.8, 4) is 5.75 Å². The molecule has 1 aliphatic rings. The maximum absolute atomic E-state index is 11.8. The molecule has 6 nitrogen and oxygen atoms in total. The molecule has 0 unspecified atom stereocenters. The first-order chi connectivity index (χ1) is 11.8. The number of anilines is 1. The second-order valence-corrected chi connectivity index (χ2v) is 5.77. The summed E-state index contributed by atoms with van der Waals surface area (Å²) < 4.78 is 5.73. The van der Waals surface area contributed by atoms with Crippen LogP contribution in [-0.4, -0.2) is 37.3 Å². The van der Waals surface area contributed by atoms with Gasteiger partial charge in [0.25, 0.3) is 0 Å². The molecule has 3 N–H and O–H groups in total. The smallest absolute Gasteiger partial charge is 0.314 e. The van der Waals surface area contributed by atoms with Crippen molar-refractivity contribution in [2.24, 2.45) is 5.92 Å². The van der Waals surface area contributed by atoms with Gasteiger partial charge in [0.2, 0.25) is 0 Å². The highest BCUT2D eigenvalue weighted by atomic mass is 16.5. The third-order valence-electron chi connectivity index (χ3n) is 3.89. The van der Waals surface area contributed by atoms with Crippen molar-refractivity contribution in [1.29, 1.82) is 0 Å². The molecule has 3 rings (SSSR count). The first-order valence-corrected chi connectivity index (χ1v) is 8.18. The predicted molar refractivity (Wildman–Crippen MR) is 93.3 cm³/mol. The molecule has 0 spiro atoms. The van der Waals surface area contributed by atoms with Gasteiger partial charge < -0.3 is 20.7 Å². The first kappa shape index (κ1) is 16.1. The highest BCUT2D eigenvalue weighted by Gasteiger charge is 2.19. The van der Waals surface area contributed by atoms with Gasteiger partial charge in [-0.15, -0.1) is 0 Å². The van der Waals surface area contributed by atoms with Crippen LogP contribution in [0.15, 0.2) is 48.7 Å². The number of hydrogen-bond acceptors (Lipinski definition) is 4. The van der Waals surface area contributed by atoms with Crippen molar-refractivity contribution in [2.75, 3.05) is 31.6 Å². The lowest BCUT2D eigenvalue weighted by Crippen LogP contribution is -2.42. The van der Waals surface area contributed by atoms with Crippen molar-refractivity contribution in [3.63, 3.8) is 0 Å². The molecule has 0 radical (unpaired) electrons. The van der Waals surface area contributed by atoms with E-state index < -0.39 is 0 Å². The normalized spacial score (nSPS) is 15.8. The van der Waals surface area contributed by atoms with E-state index in [1.54, 1.807) is 6.20 Å². The molecule has 2 aromatic rings. The van der Waals surface area contributed by atoms with Crippen LogP contribution in [0.4, 0.5) is 10.6 Å². The number of carbonyl (C=O) groups is 1. The van der Waals surface area contributed by atoms with Crippen molar-refractivity contribution < 1.29 is 9.53 Å². The molecule has 0 aliphatic carbocycles. The third kappa shape index (κ3) is 4.62. The minimum Gasteiger partial charge on any atom is -0.493 e. The Kier molecular flexibility index (Phi) is 5.50. The van der Waals surface area contributed by atoms with Crippen molar-refractivity contribution in [2.45, 2.75) is 6.42 Å². The molecule has 0 saturated carbocycles. The number of nitrogens with zero attached hydrogens (tertiary/aromatic N) is 1. The van der Waals surface area contributed by atoms with Gasteiger partial charge in [0, 0.05) is 31.7 Å². The van der Waals surface area contributed by atoms with Crippen LogP contribution < -0.4 is 20.7 Å². The number of carbonyl (C=O) groups excluding carboxylic acids is 1. The summed E-state index contributed by atoms with van der Waals surface area (Å²) in [5, 5.41) is 8.88. The lowest BCUT2D eigenvalue weighted by molar-refractivity contribution is 0.211. The summed E-state index contributed by atoms with van der Waals surface area (Å²) in [6.07, 6.45) is 2.66. The van der Waals surface area contributed by atoms with E-state index in [0.717, 1.165) is 18.0 Å². The van der Waals surface area contributed by atoms with E-state index in [-0.39, 0.29) is 6.03 Å².